The molecule has 3 aliphatic carbocycles. The third kappa shape index (κ3) is 3.53. The average molecular weight is 434 g/mol. The third-order valence-electron chi connectivity index (χ3n) is 8.20. The molecule has 0 bridgehead atoms. The summed E-state index contributed by atoms with van der Waals surface area (Å²) in [6.07, 6.45) is 12.0. The number of nitrogens with two attached hydrogens (primary N) is 1. The number of ketones is 1. The highest BCUT2D eigenvalue weighted by molar-refractivity contribution is 6.24. The number of hydrogen-bond acceptors (Lipinski definition) is 2. The summed E-state index contributed by atoms with van der Waals surface area (Å²) in [6, 6.07) is 20.7. The standard InChI is InChI=1S/C31H31NO/c32-23-13-10-22(11-14-23)31(33)29-19-16-25(20-6-2-1-3-7-20)30-27-15-12-21-8-4-5-9-24(21)26(27)17-18-28(29)30/h4-5,8-14,17-18,20,25H,1-3,6-7,15-16,19,32H2. The van der Waals surface area contributed by atoms with Gasteiger partial charge in [0.15, 0.2) is 5.78 Å². The first-order valence-corrected chi connectivity index (χ1v) is 12.6. The molecule has 0 radical (unpaired) electrons. The topological polar surface area (TPSA) is 43.1 Å². The van der Waals surface area contributed by atoms with E-state index in [2.05, 4.69) is 42.5 Å². The zero-order chi connectivity index (χ0) is 22.4. The first-order chi connectivity index (χ1) is 16.2. The van der Waals surface area contributed by atoms with Crippen molar-refractivity contribution in [3.8, 4) is 0 Å². The summed E-state index contributed by atoms with van der Waals surface area (Å²) in [5.41, 5.74) is 11.3. The molecule has 2 nitrogen and oxygen atoms in total. The van der Waals surface area contributed by atoms with Gasteiger partial charge in [0, 0.05) is 16.8 Å². The van der Waals surface area contributed by atoms with E-state index in [4.69, 9.17) is 5.73 Å². The summed E-state index contributed by atoms with van der Waals surface area (Å²) in [6.45, 7) is 0. The lowest BCUT2D eigenvalue weighted by atomic mass is 9.69. The Hall–Kier alpha value is -3.13. The van der Waals surface area contributed by atoms with Crippen LogP contribution in [0.1, 0.15) is 72.3 Å². The van der Waals surface area contributed by atoms with Gasteiger partial charge in [-0.15, -0.1) is 0 Å². The van der Waals surface area contributed by atoms with E-state index in [1.54, 1.807) is 0 Å². The van der Waals surface area contributed by atoms with Crippen LogP contribution in [0, 0.1) is 16.4 Å². The maximum absolute atomic E-state index is 13.6. The van der Waals surface area contributed by atoms with E-state index in [1.165, 1.54) is 64.1 Å². The van der Waals surface area contributed by atoms with Gasteiger partial charge in [0.2, 0.25) is 0 Å². The summed E-state index contributed by atoms with van der Waals surface area (Å²) in [4.78, 5) is 13.6. The summed E-state index contributed by atoms with van der Waals surface area (Å²) in [7, 11) is 0. The van der Waals surface area contributed by atoms with Crippen LogP contribution in [0.25, 0.3) is 11.6 Å². The summed E-state index contributed by atoms with van der Waals surface area (Å²) >= 11 is 0. The van der Waals surface area contributed by atoms with Crippen LogP contribution in [0.15, 0.2) is 60.7 Å². The Morgan fingerprint density at radius 1 is 0.788 bits per heavy atom. The molecule has 0 saturated heterocycles. The van der Waals surface area contributed by atoms with E-state index in [-0.39, 0.29) is 5.78 Å². The smallest absolute Gasteiger partial charge is 0.189 e. The molecule has 3 aromatic carbocycles. The number of hydrogen-bond donors (Lipinski definition) is 1. The minimum Gasteiger partial charge on any atom is -0.399 e. The number of rotatable bonds is 3. The Bertz CT molecular complexity index is 1440. The van der Waals surface area contributed by atoms with E-state index in [1.807, 2.05) is 24.3 Å². The number of anilines is 1. The number of nitrogen functional groups attached to an aromatic ring is 1. The minimum absolute atomic E-state index is 0.165. The predicted octanol–water partition coefficient (Wildman–Crippen LogP) is 5.38. The van der Waals surface area contributed by atoms with Crippen LogP contribution in [0.2, 0.25) is 0 Å². The van der Waals surface area contributed by atoms with Gasteiger partial charge >= 0.3 is 0 Å². The highest BCUT2D eigenvalue weighted by Gasteiger charge is 2.32. The normalized spacial score (nSPS) is 19.8. The van der Waals surface area contributed by atoms with Crippen LogP contribution in [0.3, 0.4) is 0 Å². The monoisotopic (exact) mass is 433 g/mol. The van der Waals surface area contributed by atoms with E-state index >= 15 is 0 Å². The molecule has 1 fully saturated rings. The molecule has 0 spiro atoms. The minimum atomic E-state index is 0.165. The summed E-state index contributed by atoms with van der Waals surface area (Å²) in [5, 5.41) is 5.25. The van der Waals surface area contributed by atoms with Gasteiger partial charge in [0.25, 0.3) is 0 Å². The fraction of sp³-hybridized carbons (Fsp3) is 0.323. The first kappa shape index (κ1) is 20.5. The largest absolute Gasteiger partial charge is 0.399 e. The highest BCUT2D eigenvalue weighted by atomic mass is 16.1. The van der Waals surface area contributed by atoms with Gasteiger partial charge < -0.3 is 5.73 Å². The van der Waals surface area contributed by atoms with Crippen molar-refractivity contribution in [3.05, 3.63) is 98.2 Å². The van der Waals surface area contributed by atoms with Crippen LogP contribution in [-0.2, 0) is 6.42 Å². The molecule has 3 aromatic rings. The SMILES string of the molecule is Nc1ccc(C(=O)C2=c3ccc4c(c3C(C3CCCCC3)CC2)CC=c2ccccc2=4)cc1. The second-order valence-corrected chi connectivity index (χ2v) is 10.0. The fourth-order valence-corrected chi connectivity index (χ4v) is 6.59. The lowest BCUT2D eigenvalue weighted by Gasteiger charge is -2.35. The zero-order valence-electron chi connectivity index (χ0n) is 19.1. The number of carbonyl (C=O) groups is 1. The lowest BCUT2D eigenvalue weighted by Crippen LogP contribution is -2.32. The van der Waals surface area contributed by atoms with Crippen LogP contribution in [0.4, 0.5) is 5.69 Å². The molecular formula is C31H31NO. The summed E-state index contributed by atoms with van der Waals surface area (Å²) < 4.78 is 0. The van der Waals surface area contributed by atoms with Crippen molar-refractivity contribution in [1.82, 2.24) is 0 Å². The maximum Gasteiger partial charge on any atom is 0.189 e. The lowest BCUT2D eigenvalue weighted by molar-refractivity contribution is 0.105. The van der Waals surface area contributed by atoms with Crippen LogP contribution in [0.5, 0.6) is 0 Å². The molecule has 1 unspecified atom stereocenters. The molecule has 1 atom stereocenters. The van der Waals surface area contributed by atoms with Crippen molar-refractivity contribution in [2.45, 2.75) is 57.3 Å². The Labute approximate surface area is 195 Å². The molecule has 0 heterocycles. The van der Waals surface area contributed by atoms with Crippen molar-refractivity contribution in [2.24, 2.45) is 5.92 Å². The van der Waals surface area contributed by atoms with Gasteiger partial charge in [-0.3, -0.25) is 4.79 Å². The van der Waals surface area contributed by atoms with Gasteiger partial charge in [-0.25, -0.2) is 0 Å². The van der Waals surface area contributed by atoms with Crippen molar-refractivity contribution in [1.29, 1.82) is 0 Å². The summed E-state index contributed by atoms with van der Waals surface area (Å²) in [5.74, 6) is 1.48. The highest BCUT2D eigenvalue weighted by Crippen LogP contribution is 2.42. The third-order valence-corrected chi connectivity index (χ3v) is 8.20. The van der Waals surface area contributed by atoms with Crippen LogP contribution < -0.4 is 16.2 Å². The molecule has 2 heteroatoms. The van der Waals surface area contributed by atoms with E-state index in [9.17, 15) is 4.79 Å². The number of Topliss-reactive ketones (excluding diaryl/α,β-unsaturated/α-hetero) is 1. The van der Waals surface area contributed by atoms with Crippen LogP contribution >= 0.6 is 0 Å². The molecular weight excluding hydrogens is 402 g/mol. The average Bonchev–Trinajstić information content (AvgIpc) is 2.88. The Morgan fingerprint density at radius 3 is 2.36 bits per heavy atom. The van der Waals surface area contributed by atoms with Gasteiger partial charge in [-0.1, -0.05) is 61.7 Å². The van der Waals surface area contributed by atoms with Crippen LogP contribution in [-0.4, -0.2) is 5.78 Å². The zero-order valence-corrected chi connectivity index (χ0v) is 19.1. The predicted molar refractivity (Wildman–Crippen MR) is 135 cm³/mol. The molecule has 3 aliphatic rings. The molecule has 33 heavy (non-hydrogen) atoms. The molecule has 0 amide bonds. The van der Waals surface area contributed by atoms with Gasteiger partial charge in [0.05, 0.1) is 0 Å². The van der Waals surface area contributed by atoms with Crippen molar-refractivity contribution >= 4 is 23.1 Å². The molecule has 166 valence electrons. The number of fused-ring (bicyclic) bond motifs is 4. The molecule has 0 aromatic heterocycles. The van der Waals surface area contributed by atoms with E-state index in [0.29, 0.717) is 11.6 Å². The quantitative estimate of drug-likeness (QED) is 0.445. The second-order valence-electron chi connectivity index (χ2n) is 10.0. The van der Waals surface area contributed by atoms with Crippen molar-refractivity contribution < 1.29 is 4.79 Å². The number of carbonyl (C=O) groups excluding carboxylic acids is 1. The van der Waals surface area contributed by atoms with Crippen molar-refractivity contribution in [2.75, 3.05) is 5.73 Å². The van der Waals surface area contributed by atoms with E-state index < -0.39 is 0 Å². The van der Waals surface area contributed by atoms with E-state index in [0.717, 1.165) is 36.3 Å². The fourth-order valence-electron chi connectivity index (χ4n) is 6.59. The van der Waals surface area contributed by atoms with Gasteiger partial charge in [-0.05, 0) is 100 Å². The molecule has 2 N–H and O–H groups in total. The maximum atomic E-state index is 13.6. The first-order valence-electron chi connectivity index (χ1n) is 12.6. The molecule has 6 rings (SSSR count). The number of benzene rings is 3. The second kappa shape index (κ2) is 8.33. The Morgan fingerprint density at radius 2 is 1.55 bits per heavy atom. The molecule has 1 saturated carbocycles. The van der Waals surface area contributed by atoms with Gasteiger partial charge in [0.1, 0.15) is 0 Å². The molecule has 0 aliphatic heterocycles. The Balaban J connectivity index is 1.61. The van der Waals surface area contributed by atoms with Gasteiger partial charge in [-0.2, -0.15) is 0 Å². The van der Waals surface area contributed by atoms with Crippen molar-refractivity contribution in [3.63, 3.8) is 0 Å². The Kier molecular flexibility index (Phi) is 5.17.